The molecule has 1 aromatic carbocycles. The maximum Gasteiger partial charge on any atom is 0.410 e. The van der Waals surface area contributed by atoms with E-state index in [0.717, 1.165) is 12.8 Å². The quantitative estimate of drug-likeness (QED) is 0.577. The van der Waals surface area contributed by atoms with Crippen LogP contribution in [0.1, 0.15) is 39.2 Å². The van der Waals surface area contributed by atoms with Gasteiger partial charge in [0.1, 0.15) is 11.4 Å². The Balaban J connectivity index is 1.86. The average Bonchev–Trinajstić information content (AvgIpc) is 2.58. The van der Waals surface area contributed by atoms with Crippen LogP contribution in [0.15, 0.2) is 24.8 Å². The Morgan fingerprint density at radius 3 is 2.58 bits per heavy atom. The summed E-state index contributed by atoms with van der Waals surface area (Å²) in [6, 6.07) is 4.48. The highest BCUT2D eigenvalue weighted by Crippen LogP contribution is 2.27. The monoisotopic (exact) mass is 362 g/mol. The van der Waals surface area contributed by atoms with Crippen LogP contribution in [0.2, 0.25) is 0 Å². The first kappa shape index (κ1) is 19.8. The number of nitro benzene ring substituents is 1. The van der Waals surface area contributed by atoms with Gasteiger partial charge in [0.2, 0.25) is 0 Å². The van der Waals surface area contributed by atoms with E-state index < -0.39 is 10.5 Å². The Bertz CT molecular complexity index is 673. The molecule has 26 heavy (non-hydrogen) atoms. The summed E-state index contributed by atoms with van der Waals surface area (Å²) in [7, 11) is 0. The molecule has 0 bridgehead atoms. The zero-order valence-electron chi connectivity index (χ0n) is 15.6. The summed E-state index contributed by atoms with van der Waals surface area (Å²) in [6.07, 6.45) is 2.93. The molecule has 0 aromatic heterocycles. The molecule has 0 spiro atoms. The van der Waals surface area contributed by atoms with E-state index in [1.807, 2.05) is 20.8 Å². The molecule has 7 heteroatoms. The minimum Gasteiger partial charge on any atom is -0.493 e. The van der Waals surface area contributed by atoms with E-state index in [1.165, 1.54) is 12.1 Å². The van der Waals surface area contributed by atoms with E-state index >= 15 is 0 Å². The number of ether oxygens (including phenoxy) is 2. The topological polar surface area (TPSA) is 81.9 Å². The zero-order valence-corrected chi connectivity index (χ0v) is 15.6. The Kier molecular flexibility index (Phi) is 6.23. The predicted molar refractivity (Wildman–Crippen MR) is 99.2 cm³/mol. The fourth-order valence-corrected chi connectivity index (χ4v) is 2.76. The van der Waals surface area contributed by atoms with Crippen LogP contribution in [0.4, 0.5) is 10.5 Å². The Labute approximate surface area is 153 Å². The van der Waals surface area contributed by atoms with Crippen molar-refractivity contribution in [1.82, 2.24) is 4.90 Å². The van der Waals surface area contributed by atoms with Gasteiger partial charge in [-0.1, -0.05) is 12.7 Å². The van der Waals surface area contributed by atoms with Crippen molar-refractivity contribution in [2.45, 2.75) is 39.2 Å². The van der Waals surface area contributed by atoms with Crippen molar-refractivity contribution in [1.29, 1.82) is 0 Å². The fraction of sp³-hybridized carbons (Fsp3) is 0.526. The smallest absolute Gasteiger partial charge is 0.410 e. The van der Waals surface area contributed by atoms with Crippen molar-refractivity contribution in [3.8, 4) is 5.75 Å². The number of nitrogens with zero attached hydrogens (tertiary/aromatic N) is 2. The molecule has 1 aliphatic rings. The van der Waals surface area contributed by atoms with Crippen LogP contribution in [-0.2, 0) is 4.74 Å². The largest absolute Gasteiger partial charge is 0.493 e. The second-order valence-electron chi connectivity index (χ2n) is 7.41. The number of hydrogen-bond donors (Lipinski definition) is 0. The van der Waals surface area contributed by atoms with Gasteiger partial charge >= 0.3 is 6.09 Å². The first-order chi connectivity index (χ1) is 12.2. The van der Waals surface area contributed by atoms with Crippen LogP contribution in [-0.4, -0.2) is 41.2 Å². The van der Waals surface area contributed by atoms with Crippen molar-refractivity contribution in [3.63, 3.8) is 0 Å². The molecule has 0 saturated carbocycles. The SMILES string of the molecule is C=Cc1cc([N+](=O)[O-])ccc1OCC1CCN(C(=O)OC(C)(C)C)CC1. The molecular weight excluding hydrogens is 336 g/mol. The summed E-state index contributed by atoms with van der Waals surface area (Å²) < 4.78 is 11.2. The van der Waals surface area contributed by atoms with Crippen molar-refractivity contribution in [3.05, 3.63) is 40.5 Å². The van der Waals surface area contributed by atoms with Crippen LogP contribution in [0.5, 0.6) is 5.75 Å². The first-order valence-corrected chi connectivity index (χ1v) is 8.71. The maximum atomic E-state index is 12.1. The third kappa shape index (κ3) is 5.47. The van der Waals surface area contributed by atoms with Gasteiger partial charge in [-0.05, 0) is 45.6 Å². The lowest BCUT2D eigenvalue weighted by Crippen LogP contribution is -2.42. The molecule has 142 valence electrons. The van der Waals surface area contributed by atoms with Crippen LogP contribution >= 0.6 is 0 Å². The van der Waals surface area contributed by atoms with E-state index in [4.69, 9.17) is 9.47 Å². The molecule has 0 unspecified atom stereocenters. The molecule has 1 saturated heterocycles. The first-order valence-electron chi connectivity index (χ1n) is 8.71. The summed E-state index contributed by atoms with van der Waals surface area (Å²) >= 11 is 0. The van der Waals surface area contributed by atoms with Gasteiger partial charge in [-0.25, -0.2) is 4.79 Å². The van der Waals surface area contributed by atoms with E-state index in [-0.39, 0.29) is 11.8 Å². The van der Waals surface area contributed by atoms with E-state index in [9.17, 15) is 14.9 Å². The second-order valence-corrected chi connectivity index (χ2v) is 7.41. The van der Waals surface area contributed by atoms with E-state index in [2.05, 4.69) is 6.58 Å². The molecule has 1 aromatic rings. The lowest BCUT2D eigenvalue weighted by molar-refractivity contribution is -0.384. The number of nitro groups is 1. The minimum atomic E-state index is -0.492. The molecule has 0 atom stereocenters. The van der Waals surface area contributed by atoms with Crippen molar-refractivity contribution in [2.24, 2.45) is 5.92 Å². The van der Waals surface area contributed by atoms with Gasteiger partial charge in [0, 0.05) is 30.8 Å². The zero-order chi connectivity index (χ0) is 19.3. The number of carbonyl (C=O) groups excluding carboxylic acids is 1. The Morgan fingerprint density at radius 2 is 2.04 bits per heavy atom. The summed E-state index contributed by atoms with van der Waals surface area (Å²) in [5, 5.41) is 10.8. The standard InChI is InChI=1S/C19H26N2O5/c1-5-15-12-16(21(23)24)6-7-17(15)25-13-14-8-10-20(11-9-14)18(22)26-19(2,3)4/h5-7,12,14H,1,8-11,13H2,2-4H3. The Morgan fingerprint density at radius 1 is 1.38 bits per heavy atom. The summed E-state index contributed by atoms with van der Waals surface area (Å²) in [5.41, 5.74) is 0.122. The molecule has 1 heterocycles. The van der Waals surface area contributed by atoms with Crippen LogP contribution < -0.4 is 4.74 Å². The molecule has 0 radical (unpaired) electrons. The molecule has 2 rings (SSSR count). The van der Waals surface area contributed by atoms with Gasteiger partial charge in [-0.15, -0.1) is 0 Å². The molecule has 1 fully saturated rings. The van der Waals surface area contributed by atoms with E-state index in [1.54, 1.807) is 17.0 Å². The third-order valence-corrected chi connectivity index (χ3v) is 4.16. The number of likely N-dealkylation sites (tertiary alicyclic amines) is 1. The number of hydrogen-bond acceptors (Lipinski definition) is 5. The summed E-state index contributed by atoms with van der Waals surface area (Å²) in [4.78, 5) is 24.2. The van der Waals surface area contributed by atoms with Gasteiger partial charge in [0.25, 0.3) is 5.69 Å². The normalized spacial score (nSPS) is 15.4. The summed E-state index contributed by atoms with van der Waals surface area (Å²) in [6.45, 7) is 11.0. The number of non-ortho nitro benzene ring substituents is 1. The van der Waals surface area contributed by atoms with Gasteiger partial charge in [0.05, 0.1) is 11.5 Å². The molecule has 7 nitrogen and oxygen atoms in total. The Hall–Kier alpha value is -2.57. The lowest BCUT2D eigenvalue weighted by Gasteiger charge is -2.33. The predicted octanol–water partition coefficient (Wildman–Crippen LogP) is 4.26. The number of benzene rings is 1. The highest BCUT2D eigenvalue weighted by molar-refractivity contribution is 5.68. The average molecular weight is 362 g/mol. The van der Waals surface area contributed by atoms with Crippen molar-refractivity contribution in [2.75, 3.05) is 19.7 Å². The highest BCUT2D eigenvalue weighted by Gasteiger charge is 2.27. The fourth-order valence-electron chi connectivity index (χ4n) is 2.76. The van der Waals surface area contributed by atoms with Crippen molar-refractivity contribution < 1.29 is 19.2 Å². The van der Waals surface area contributed by atoms with Crippen molar-refractivity contribution >= 4 is 17.9 Å². The van der Waals surface area contributed by atoms with Gasteiger partial charge < -0.3 is 14.4 Å². The second kappa shape index (κ2) is 8.21. The molecule has 0 N–H and O–H groups in total. The molecule has 1 aliphatic heterocycles. The number of carbonyl (C=O) groups is 1. The number of rotatable bonds is 5. The minimum absolute atomic E-state index is 0.0120. The third-order valence-electron chi connectivity index (χ3n) is 4.16. The molecular formula is C19H26N2O5. The van der Waals surface area contributed by atoms with Crippen LogP contribution in [0.25, 0.3) is 6.08 Å². The van der Waals surface area contributed by atoms with Gasteiger partial charge in [0.15, 0.2) is 0 Å². The maximum absolute atomic E-state index is 12.1. The van der Waals surface area contributed by atoms with Gasteiger partial charge in [-0.3, -0.25) is 10.1 Å². The number of amides is 1. The lowest BCUT2D eigenvalue weighted by atomic mass is 9.98. The van der Waals surface area contributed by atoms with E-state index in [0.29, 0.717) is 36.9 Å². The van der Waals surface area contributed by atoms with Gasteiger partial charge in [-0.2, -0.15) is 0 Å². The molecule has 0 aliphatic carbocycles. The number of piperidine rings is 1. The molecule has 1 amide bonds. The van der Waals surface area contributed by atoms with Crippen LogP contribution in [0.3, 0.4) is 0 Å². The summed E-state index contributed by atoms with van der Waals surface area (Å²) in [5.74, 6) is 0.904. The highest BCUT2D eigenvalue weighted by atomic mass is 16.6. The van der Waals surface area contributed by atoms with Crippen LogP contribution in [0, 0.1) is 16.0 Å².